The van der Waals surface area contributed by atoms with Crippen LogP contribution < -0.4 is 4.90 Å². The highest BCUT2D eigenvalue weighted by Gasteiger charge is 2.20. The fourth-order valence-electron chi connectivity index (χ4n) is 3.26. The van der Waals surface area contributed by atoms with Crippen LogP contribution in [0.5, 0.6) is 0 Å². The first-order valence-corrected chi connectivity index (χ1v) is 10.2. The number of para-hydroxylation sites is 1. The highest BCUT2D eigenvalue weighted by Crippen LogP contribution is 2.31. The maximum absolute atomic E-state index is 6.52. The summed E-state index contributed by atoms with van der Waals surface area (Å²) in [5, 5.41) is 10.4. The zero-order valence-electron chi connectivity index (χ0n) is 16.1. The van der Waals surface area contributed by atoms with Crippen LogP contribution in [0, 0.1) is 0 Å². The van der Waals surface area contributed by atoms with E-state index in [0.717, 1.165) is 27.7 Å². The highest BCUT2D eigenvalue weighted by molar-refractivity contribution is 6.32. The van der Waals surface area contributed by atoms with E-state index in [1.54, 1.807) is 18.5 Å². The van der Waals surface area contributed by atoms with Crippen LogP contribution in [0.1, 0.15) is 5.56 Å². The lowest BCUT2D eigenvalue weighted by molar-refractivity contribution is 0.562. The van der Waals surface area contributed by atoms with E-state index in [0.29, 0.717) is 28.6 Å². The van der Waals surface area contributed by atoms with Crippen molar-refractivity contribution in [3.63, 3.8) is 0 Å². The quantitative estimate of drug-likeness (QED) is 0.293. The number of hydrogen-bond donors (Lipinski definition) is 0. The zero-order valence-corrected chi connectivity index (χ0v) is 17.6. The summed E-state index contributed by atoms with van der Waals surface area (Å²) in [6.45, 7) is 0.385. The van der Waals surface area contributed by atoms with Gasteiger partial charge in [-0.15, -0.1) is 5.10 Å². The van der Waals surface area contributed by atoms with Crippen LogP contribution in [0.2, 0.25) is 10.2 Å². The van der Waals surface area contributed by atoms with Gasteiger partial charge in [0, 0.05) is 39.6 Å². The minimum absolute atomic E-state index is 0.347. The van der Waals surface area contributed by atoms with Gasteiger partial charge in [-0.1, -0.05) is 46.5 Å². The van der Waals surface area contributed by atoms with E-state index in [1.807, 2.05) is 65.6 Å². The Bertz CT molecular complexity index is 1340. The predicted molar refractivity (Wildman–Crippen MR) is 122 cm³/mol. The Morgan fingerprint density at radius 3 is 2.48 bits per heavy atom. The number of halogens is 2. The molecule has 0 radical (unpaired) electrons. The fraction of sp³-hybridized carbons (Fsp3) is 0.0435. The van der Waals surface area contributed by atoms with Gasteiger partial charge in [0.05, 0.1) is 12.1 Å². The van der Waals surface area contributed by atoms with Gasteiger partial charge in [-0.25, -0.2) is 4.98 Å². The SMILES string of the molecule is Clc1ccc2nc(Cl)c(CN(c3ccccc3)c3nnc(-c4ccncc4)o3)cc2c1. The van der Waals surface area contributed by atoms with Gasteiger partial charge in [0.1, 0.15) is 5.15 Å². The van der Waals surface area contributed by atoms with Crippen molar-refractivity contribution >= 4 is 45.8 Å². The van der Waals surface area contributed by atoms with Gasteiger partial charge in [0.2, 0.25) is 5.89 Å². The van der Waals surface area contributed by atoms with Crippen molar-refractivity contribution in [1.29, 1.82) is 0 Å². The Balaban J connectivity index is 1.56. The van der Waals surface area contributed by atoms with Gasteiger partial charge in [0.15, 0.2) is 0 Å². The predicted octanol–water partition coefficient (Wildman–Crippen LogP) is 6.32. The molecule has 0 bridgehead atoms. The van der Waals surface area contributed by atoms with Crippen molar-refractivity contribution < 1.29 is 4.42 Å². The monoisotopic (exact) mass is 447 g/mol. The molecule has 0 aliphatic rings. The Morgan fingerprint density at radius 1 is 0.871 bits per heavy atom. The molecule has 3 aromatic heterocycles. The summed E-state index contributed by atoms with van der Waals surface area (Å²) in [6.07, 6.45) is 3.36. The standard InChI is InChI=1S/C23H15Cl2N5O/c24-18-6-7-20-16(13-18)12-17(21(25)27-20)14-30(19-4-2-1-3-5-19)23-29-28-22(31-23)15-8-10-26-11-9-15/h1-13H,14H2. The number of pyridine rings is 2. The Labute approximate surface area is 188 Å². The number of anilines is 2. The first-order valence-electron chi connectivity index (χ1n) is 9.48. The molecule has 5 rings (SSSR count). The van der Waals surface area contributed by atoms with E-state index in [4.69, 9.17) is 27.6 Å². The van der Waals surface area contributed by atoms with Gasteiger partial charge >= 0.3 is 6.01 Å². The molecule has 0 saturated heterocycles. The third-order valence-corrected chi connectivity index (χ3v) is 5.33. The topological polar surface area (TPSA) is 67.9 Å². The molecule has 0 aliphatic carbocycles. The average molecular weight is 448 g/mol. The summed E-state index contributed by atoms with van der Waals surface area (Å²) in [4.78, 5) is 10.4. The molecule has 0 spiro atoms. The summed E-state index contributed by atoms with van der Waals surface area (Å²) in [5.41, 5.74) is 3.27. The molecule has 0 atom stereocenters. The van der Waals surface area contributed by atoms with Crippen LogP contribution in [0.25, 0.3) is 22.4 Å². The molecule has 0 amide bonds. The molecule has 0 unspecified atom stereocenters. The molecule has 8 heteroatoms. The molecule has 0 saturated carbocycles. The fourth-order valence-corrected chi connectivity index (χ4v) is 3.65. The summed E-state index contributed by atoms with van der Waals surface area (Å²) in [5.74, 6) is 0.410. The Morgan fingerprint density at radius 2 is 1.68 bits per heavy atom. The van der Waals surface area contributed by atoms with Crippen molar-refractivity contribution in [2.24, 2.45) is 0 Å². The third kappa shape index (κ3) is 4.08. The van der Waals surface area contributed by atoms with Gasteiger partial charge in [-0.3, -0.25) is 9.88 Å². The number of rotatable bonds is 5. The first-order chi connectivity index (χ1) is 15.2. The van der Waals surface area contributed by atoms with E-state index < -0.39 is 0 Å². The van der Waals surface area contributed by atoms with Crippen LogP contribution in [0.3, 0.4) is 0 Å². The summed E-state index contributed by atoms with van der Waals surface area (Å²) < 4.78 is 6.00. The van der Waals surface area contributed by atoms with Gasteiger partial charge < -0.3 is 4.42 Å². The lowest BCUT2D eigenvalue weighted by Gasteiger charge is -2.21. The molecule has 3 heterocycles. The van der Waals surface area contributed by atoms with E-state index in [-0.39, 0.29) is 0 Å². The molecular weight excluding hydrogens is 433 g/mol. The second kappa shape index (κ2) is 8.34. The van der Waals surface area contributed by atoms with Crippen molar-refractivity contribution in [3.8, 4) is 11.5 Å². The van der Waals surface area contributed by atoms with Crippen molar-refractivity contribution in [1.82, 2.24) is 20.2 Å². The van der Waals surface area contributed by atoms with E-state index in [9.17, 15) is 0 Å². The summed E-state index contributed by atoms with van der Waals surface area (Å²) in [7, 11) is 0. The molecule has 5 aromatic rings. The molecule has 6 nitrogen and oxygen atoms in total. The highest BCUT2D eigenvalue weighted by atomic mass is 35.5. The molecule has 0 N–H and O–H groups in total. The summed E-state index contributed by atoms with van der Waals surface area (Å²) >= 11 is 12.7. The third-order valence-electron chi connectivity index (χ3n) is 4.77. The largest absolute Gasteiger partial charge is 0.403 e. The van der Waals surface area contributed by atoms with E-state index in [2.05, 4.69) is 20.2 Å². The number of nitrogens with zero attached hydrogens (tertiary/aromatic N) is 5. The van der Waals surface area contributed by atoms with Crippen molar-refractivity contribution in [2.45, 2.75) is 6.54 Å². The van der Waals surface area contributed by atoms with Gasteiger partial charge in [-0.05, 0) is 48.5 Å². The van der Waals surface area contributed by atoms with Crippen LogP contribution in [0.15, 0.2) is 83.5 Å². The Hall–Kier alpha value is -3.48. The van der Waals surface area contributed by atoms with Crippen LogP contribution in [-0.2, 0) is 6.54 Å². The minimum atomic E-state index is 0.347. The normalized spacial score (nSPS) is 11.0. The molecule has 2 aromatic carbocycles. The number of fused-ring (bicyclic) bond motifs is 1. The first kappa shape index (κ1) is 19.5. The van der Waals surface area contributed by atoms with Crippen LogP contribution in [0.4, 0.5) is 11.7 Å². The van der Waals surface area contributed by atoms with Crippen molar-refractivity contribution in [2.75, 3.05) is 4.90 Å². The van der Waals surface area contributed by atoms with Crippen LogP contribution in [-0.4, -0.2) is 20.2 Å². The average Bonchev–Trinajstić information content (AvgIpc) is 3.29. The number of hydrogen-bond acceptors (Lipinski definition) is 6. The maximum atomic E-state index is 6.52. The Kier molecular flexibility index (Phi) is 5.24. The van der Waals surface area contributed by atoms with Crippen LogP contribution >= 0.6 is 23.2 Å². The molecule has 152 valence electrons. The molecular formula is C23H15Cl2N5O. The van der Waals surface area contributed by atoms with E-state index in [1.165, 1.54) is 0 Å². The maximum Gasteiger partial charge on any atom is 0.323 e. The molecule has 0 fully saturated rings. The number of benzene rings is 2. The van der Waals surface area contributed by atoms with Gasteiger partial charge in [-0.2, -0.15) is 0 Å². The lowest BCUT2D eigenvalue weighted by Crippen LogP contribution is -2.17. The number of aromatic nitrogens is 4. The van der Waals surface area contributed by atoms with Crippen molar-refractivity contribution in [3.05, 3.63) is 94.9 Å². The van der Waals surface area contributed by atoms with Gasteiger partial charge in [0.25, 0.3) is 0 Å². The second-order valence-electron chi connectivity index (χ2n) is 6.82. The second-order valence-corrected chi connectivity index (χ2v) is 7.62. The van der Waals surface area contributed by atoms with E-state index >= 15 is 0 Å². The molecule has 31 heavy (non-hydrogen) atoms. The summed E-state index contributed by atoms with van der Waals surface area (Å²) in [6, 6.07) is 21.2. The minimum Gasteiger partial charge on any atom is -0.403 e. The zero-order chi connectivity index (χ0) is 21.2. The smallest absolute Gasteiger partial charge is 0.323 e. The lowest BCUT2D eigenvalue weighted by atomic mass is 10.1. The molecule has 0 aliphatic heterocycles.